The van der Waals surface area contributed by atoms with Gasteiger partial charge in [-0.05, 0) is 29.8 Å². The number of sulfone groups is 1. The molecular formula is C22H17ClF3N3O3S. The van der Waals surface area contributed by atoms with Gasteiger partial charge in [0.15, 0.2) is 9.84 Å². The number of fused-ring (bicyclic) bond motifs is 1. The summed E-state index contributed by atoms with van der Waals surface area (Å²) < 4.78 is 65.1. The number of rotatable bonds is 4. The lowest BCUT2D eigenvalue weighted by Crippen LogP contribution is -2.31. The number of carbonyl (C=O) groups is 1. The van der Waals surface area contributed by atoms with Gasteiger partial charge in [-0.15, -0.1) is 0 Å². The Kier molecular flexibility index (Phi) is 5.92. The first-order valence-corrected chi connectivity index (χ1v) is 11.9. The summed E-state index contributed by atoms with van der Waals surface area (Å²) in [6, 6.07) is 8.84. The monoisotopic (exact) mass is 495 g/mol. The Morgan fingerprint density at radius 1 is 1.09 bits per heavy atom. The van der Waals surface area contributed by atoms with Crippen molar-refractivity contribution in [2.45, 2.75) is 24.4 Å². The van der Waals surface area contributed by atoms with Crippen molar-refractivity contribution in [2.75, 3.05) is 17.2 Å². The number of hydrogen-bond donors (Lipinski definition) is 0. The Morgan fingerprint density at radius 2 is 1.79 bits per heavy atom. The van der Waals surface area contributed by atoms with E-state index in [9.17, 15) is 26.4 Å². The molecule has 0 saturated carbocycles. The molecule has 0 N–H and O–H groups in total. The molecule has 1 aromatic carbocycles. The molecule has 0 radical (unpaired) electrons. The number of pyridine rings is 2. The maximum absolute atomic E-state index is 13.3. The molecule has 2 aromatic heterocycles. The highest BCUT2D eigenvalue weighted by molar-refractivity contribution is 7.91. The second-order valence-corrected chi connectivity index (χ2v) is 10.1. The van der Waals surface area contributed by atoms with Crippen LogP contribution in [0, 0.1) is 0 Å². The summed E-state index contributed by atoms with van der Waals surface area (Å²) in [6.45, 7) is 1.50. The SMILES string of the molecule is CCS(=O)(=O)c1cc(-c2ccc(Cl)cc2)cnc1C(=O)N1CCc2ncc(C(F)(F)F)cc21. The van der Waals surface area contributed by atoms with Crippen molar-refractivity contribution >= 4 is 33.0 Å². The number of amides is 1. The third kappa shape index (κ3) is 4.45. The van der Waals surface area contributed by atoms with Gasteiger partial charge >= 0.3 is 6.18 Å². The molecule has 0 bridgehead atoms. The van der Waals surface area contributed by atoms with Crippen LogP contribution in [-0.4, -0.2) is 36.6 Å². The molecule has 3 heterocycles. The van der Waals surface area contributed by atoms with Crippen LogP contribution in [0.15, 0.2) is 53.7 Å². The van der Waals surface area contributed by atoms with E-state index in [1.807, 2.05) is 0 Å². The Labute approximate surface area is 193 Å². The van der Waals surface area contributed by atoms with Crippen LogP contribution in [0.2, 0.25) is 5.02 Å². The van der Waals surface area contributed by atoms with Crippen LogP contribution in [0.1, 0.15) is 28.7 Å². The molecule has 33 heavy (non-hydrogen) atoms. The van der Waals surface area contributed by atoms with E-state index in [4.69, 9.17) is 11.6 Å². The fraction of sp³-hybridized carbons (Fsp3) is 0.227. The Bertz CT molecular complexity index is 1340. The molecule has 11 heteroatoms. The molecule has 0 aliphatic carbocycles. The van der Waals surface area contributed by atoms with Crippen molar-refractivity contribution in [1.29, 1.82) is 0 Å². The van der Waals surface area contributed by atoms with Crippen molar-refractivity contribution in [3.05, 3.63) is 70.8 Å². The minimum absolute atomic E-state index is 0.00162. The van der Waals surface area contributed by atoms with Crippen molar-refractivity contribution < 1.29 is 26.4 Å². The summed E-state index contributed by atoms with van der Waals surface area (Å²) in [5.41, 5.74) is 0.0857. The number of alkyl halides is 3. The minimum atomic E-state index is -4.63. The van der Waals surface area contributed by atoms with Gasteiger partial charge in [-0.3, -0.25) is 9.78 Å². The zero-order chi connectivity index (χ0) is 24.0. The van der Waals surface area contributed by atoms with Gasteiger partial charge in [0.1, 0.15) is 5.69 Å². The lowest BCUT2D eigenvalue weighted by atomic mass is 10.1. The molecule has 0 fully saturated rings. The first-order chi connectivity index (χ1) is 15.5. The van der Waals surface area contributed by atoms with Crippen LogP contribution in [-0.2, 0) is 22.4 Å². The lowest BCUT2D eigenvalue weighted by molar-refractivity contribution is -0.137. The second kappa shape index (κ2) is 8.42. The molecule has 0 saturated heterocycles. The number of nitrogens with zero attached hydrogens (tertiary/aromatic N) is 3. The average molecular weight is 496 g/mol. The topological polar surface area (TPSA) is 80.2 Å². The number of aromatic nitrogens is 2. The number of halogens is 4. The van der Waals surface area contributed by atoms with Crippen molar-refractivity contribution in [3.63, 3.8) is 0 Å². The second-order valence-electron chi connectivity index (χ2n) is 7.38. The van der Waals surface area contributed by atoms with E-state index in [0.717, 1.165) is 17.2 Å². The van der Waals surface area contributed by atoms with Gasteiger partial charge in [-0.2, -0.15) is 13.2 Å². The summed E-state index contributed by atoms with van der Waals surface area (Å²) in [5, 5.41) is 0.499. The molecule has 1 aliphatic heterocycles. The molecule has 1 aliphatic rings. The minimum Gasteiger partial charge on any atom is -0.305 e. The van der Waals surface area contributed by atoms with Gasteiger partial charge in [-0.1, -0.05) is 30.7 Å². The van der Waals surface area contributed by atoms with E-state index in [-0.39, 0.29) is 35.0 Å². The molecule has 6 nitrogen and oxygen atoms in total. The Hall–Kier alpha value is -2.98. The number of hydrogen-bond acceptors (Lipinski definition) is 5. The first kappa shape index (κ1) is 23.2. The van der Waals surface area contributed by atoms with E-state index in [0.29, 0.717) is 21.8 Å². The Morgan fingerprint density at radius 3 is 2.42 bits per heavy atom. The van der Waals surface area contributed by atoms with Crippen LogP contribution in [0.5, 0.6) is 0 Å². The normalized spacial score (nSPS) is 13.8. The van der Waals surface area contributed by atoms with Crippen molar-refractivity contribution in [2.24, 2.45) is 0 Å². The fourth-order valence-corrected chi connectivity index (χ4v) is 4.72. The van der Waals surface area contributed by atoms with Crippen LogP contribution in [0.25, 0.3) is 11.1 Å². The predicted molar refractivity (Wildman–Crippen MR) is 117 cm³/mol. The van der Waals surface area contributed by atoms with Crippen molar-refractivity contribution in [1.82, 2.24) is 9.97 Å². The zero-order valence-electron chi connectivity index (χ0n) is 17.2. The van der Waals surface area contributed by atoms with E-state index < -0.39 is 27.5 Å². The number of anilines is 1. The quantitative estimate of drug-likeness (QED) is 0.519. The van der Waals surface area contributed by atoms with E-state index in [2.05, 4.69) is 9.97 Å². The molecule has 3 aromatic rings. The fourth-order valence-electron chi connectivity index (χ4n) is 3.54. The molecule has 172 valence electrons. The molecular weight excluding hydrogens is 479 g/mol. The summed E-state index contributed by atoms with van der Waals surface area (Å²) in [7, 11) is -3.88. The van der Waals surface area contributed by atoms with Crippen LogP contribution in [0.3, 0.4) is 0 Å². The molecule has 0 spiro atoms. The first-order valence-electron chi connectivity index (χ1n) is 9.88. The summed E-state index contributed by atoms with van der Waals surface area (Å²) in [4.78, 5) is 22.1. The highest BCUT2D eigenvalue weighted by atomic mass is 35.5. The van der Waals surface area contributed by atoms with Crippen LogP contribution >= 0.6 is 11.6 Å². The third-order valence-electron chi connectivity index (χ3n) is 5.33. The maximum atomic E-state index is 13.3. The highest BCUT2D eigenvalue weighted by Crippen LogP contribution is 2.36. The molecule has 0 unspecified atom stereocenters. The maximum Gasteiger partial charge on any atom is 0.417 e. The molecule has 1 amide bonds. The smallest absolute Gasteiger partial charge is 0.305 e. The highest BCUT2D eigenvalue weighted by Gasteiger charge is 2.36. The van der Waals surface area contributed by atoms with Crippen LogP contribution in [0.4, 0.5) is 18.9 Å². The van der Waals surface area contributed by atoms with Crippen LogP contribution < -0.4 is 4.90 Å². The standard InChI is InChI=1S/C22H17ClF3N3O3S/c1-2-33(31,32)19-9-14(13-3-5-16(23)6-4-13)11-28-20(19)21(30)29-8-7-17-18(29)10-15(12-27-17)22(24,25)26/h3-6,9-12H,2,7-8H2,1H3. The summed E-state index contributed by atoms with van der Waals surface area (Å²) in [6.07, 6.45) is -2.31. The summed E-state index contributed by atoms with van der Waals surface area (Å²) >= 11 is 5.91. The Balaban J connectivity index is 1.80. The molecule has 4 rings (SSSR count). The van der Waals surface area contributed by atoms with Gasteiger partial charge in [0.2, 0.25) is 0 Å². The average Bonchev–Trinajstić information content (AvgIpc) is 3.21. The van der Waals surface area contributed by atoms with E-state index in [1.165, 1.54) is 19.2 Å². The zero-order valence-corrected chi connectivity index (χ0v) is 18.8. The number of benzene rings is 1. The lowest BCUT2D eigenvalue weighted by Gasteiger charge is -2.19. The predicted octanol–water partition coefficient (Wildman–Crippen LogP) is 4.81. The van der Waals surface area contributed by atoms with E-state index in [1.54, 1.807) is 24.3 Å². The summed E-state index contributed by atoms with van der Waals surface area (Å²) in [5.74, 6) is -1.08. The van der Waals surface area contributed by atoms with E-state index >= 15 is 0 Å². The van der Waals surface area contributed by atoms with Gasteiger partial charge in [-0.25, -0.2) is 13.4 Å². The van der Waals surface area contributed by atoms with Gasteiger partial charge in [0.05, 0.1) is 27.6 Å². The van der Waals surface area contributed by atoms with Crippen molar-refractivity contribution in [3.8, 4) is 11.1 Å². The number of carbonyl (C=O) groups excluding carboxylic acids is 1. The largest absolute Gasteiger partial charge is 0.417 e. The van der Waals surface area contributed by atoms with Gasteiger partial charge in [0.25, 0.3) is 5.91 Å². The van der Waals surface area contributed by atoms with Gasteiger partial charge < -0.3 is 4.90 Å². The third-order valence-corrected chi connectivity index (χ3v) is 7.32. The molecule has 0 atom stereocenters. The van der Waals surface area contributed by atoms with Gasteiger partial charge in [0, 0.05) is 35.9 Å².